The average molecular weight is 197 g/mol. The van der Waals surface area contributed by atoms with Crippen molar-refractivity contribution in [2.24, 2.45) is 4.99 Å². The molecule has 0 fully saturated rings. The molecule has 0 aliphatic heterocycles. The van der Waals surface area contributed by atoms with Gasteiger partial charge in [0.05, 0.1) is 6.10 Å². The summed E-state index contributed by atoms with van der Waals surface area (Å²) >= 11 is 0. The summed E-state index contributed by atoms with van der Waals surface area (Å²) in [5, 5.41) is 9.54. The first-order valence-electron chi connectivity index (χ1n) is 5.35. The number of aliphatic hydroxyl groups is 1. The molecule has 1 unspecified atom stereocenters. The number of hydrogen-bond donors (Lipinski definition) is 1. The van der Waals surface area contributed by atoms with Crippen LogP contribution >= 0.6 is 0 Å². The maximum atomic E-state index is 9.54. The zero-order valence-corrected chi connectivity index (χ0v) is 10.0. The van der Waals surface area contributed by atoms with Crippen molar-refractivity contribution in [2.75, 3.05) is 0 Å². The van der Waals surface area contributed by atoms with Gasteiger partial charge in [0.2, 0.25) is 0 Å². The van der Waals surface area contributed by atoms with Crippen molar-refractivity contribution in [3.05, 3.63) is 11.6 Å². The largest absolute Gasteiger partial charge is 0.393 e. The van der Waals surface area contributed by atoms with E-state index in [0.717, 1.165) is 12.1 Å². The van der Waals surface area contributed by atoms with E-state index in [4.69, 9.17) is 0 Å². The second kappa shape index (κ2) is 6.77. The van der Waals surface area contributed by atoms with Gasteiger partial charge in [-0.2, -0.15) is 0 Å². The first kappa shape index (κ1) is 13.4. The molecular weight excluding hydrogens is 174 g/mol. The Hall–Kier alpha value is -0.630. The Labute approximate surface area is 87.8 Å². The van der Waals surface area contributed by atoms with Crippen LogP contribution < -0.4 is 0 Å². The average Bonchev–Trinajstić information content (AvgIpc) is 2.01. The number of rotatable bonds is 5. The van der Waals surface area contributed by atoms with Crippen LogP contribution in [-0.2, 0) is 0 Å². The van der Waals surface area contributed by atoms with Gasteiger partial charge in [-0.3, -0.25) is 4.99 Å². The molecule has 0 aliphatic carbocycles. The molecule has 0 heterocycles. The van der Waals surface area contributed by atoms with Crippen LogP contribution in [0, 0.1) is 0 Å². The summed E-state index contributed by atoms with van der Waals surface area (Å²) in [6.45, 7) is 10.2. The topological polar surface area (TPSA) is 32.6 Å². The number of hydrogen-bond acceptors (Lipinski definition) is 2. The fraction of sp³-hybridized carbons (Fsp3) is 0.750. The van der Waals surface area contributed by atoms with E-state index in [2.05, 4.69) is 24.9 Å². The highest BCUT2D eigenvalue weighted by Gasteiger charge is 2.05. The van der Waals surface area contributed by atoms with Crippen LogP contribution in [0.1, 0.15) is 47.5 Å². The Morgan fingerprint density at radius 2 is 1.93 bits per heavy atom. The molecule has 0 aromatic rings. The van der Waals surface area contributed by atoms with Crippen molar-refractivity contribution < 1.29 is 5.11 Å². The Morgan fingerprint density at radius 1 is 1.36 bits per heavy atom. The summed E-state index contributed by atoms with van der Waals surface area (Å²) in [6.07, 6.45) is 3.25. The van der Waals surface area contributed by atoms with Crippen molar-refractivity contribution in [3.63, 3.8) is 0 Å². The normalized spacial score (nSPS) is 14.4. The third-order valence-corrected chi connectivity index (χ3v) is 1.80. The van der Waals surface area contributed by atoms with Gasteiger partial charge in [0, 0.05) is 18.2 Å². The van der Waals surface area contributed by atoms with E-state index in [0.29, 0.717) is 12.5 Å². The monoisotopic (exact) mass is 197 g/mol. The first-order valence-corrected chi connectivity index (χ1v) is 5.35. The van der Waals surface area contributed by atoms with Gasteiger partial charge in [0.15, 0.2) is 0 Å². The number of aliphatic imine (C=N–C) groups is 1. The highest BCUT2D eigenvalue weighted by molar-refractivity contribution is 5.95. The summed E-state index contributed by atoms with van der Waals surface area (Å²) in [5.41, 5.74) is 2.24. The third-order valence-electron chi connectivity index (χ3n) is 1.80. The van der Waals surface area contributed by atoms with Gasteiger partial charge >= 0.3 is 0 Å². The molecule has 0 rings (SSSR count). The van der Waals surface area contributed by atoms with Gasteiger partial charge in [-0.05, 0) is 40.2 Å². The van der Waals surface area contributed by atoms with Gasteiger partial charge in [0.1, 0.15) is 0 Å². The fourth-order valence-electron chi connectivity index (χ4n) is 1.20. The van der Waals surface area contributed by atoms with Crippen LogP contribution in [0.5, 0.6) is 0 Å². The molecule has 0 aromatic carbocycles. The predicted molar refractivity (Wildman–Crippen MR) is 62.9 cm³/mol. The summed E-state index contributed by atoms with van der Waals surface area (Å²) in [4.78, 5) is 4.49. The van der Waals surface area contributed by atoms with E-state index in [1.165, 1.54) is 5.57 Å². The molecule has 82 valence electrons. The van der Waals surface area contributed by atoms with E-state index in [1.54, 1.807) is 0 Å². The standard InChI is InChI=1S/C12H23NO/c1-6-12(14)8-11(7-9(2)3)13-10(4)5/h7,10,12,14H,6,8H2,1-5H3/b13-11+. The number of allylic oxidation sites excluding steroid dienone is 2. The van der Waals surface area contributed by atoms with Crippen LogP contribution in [0.15, 0.2) is 16.6 Å². The van der Waals surface area contributed by atoms with E-state index in [1.807, 2.05) is 20.8 Å². The van der Waals surface area contributed by atoms with E-state index in [-0.39, 0.29) is 6.10 Å². The van der Waals surface area contributed by atoms with E-state index >= 15 is 0 Å². The van der Waals surface area contributed by atoms with Crippen molar-refractivity contribution in [3.8, 4) is 0 Å². The third kappa shape index (κ3) is 6.84. The molecule has 0 amide bonds. The summed E-state index contributed by atoms with van der Waals surface area (Å²) in [7, 11) is 0. The Bertz CT molecular complexity index is 212. The highest BCUT2D eigenvalue weighted by Crippen LogP contribution is 2.05. The second-order valence-electron chi connectivity index (χ2n) is 4.20. The molecule has 0 bridgehead atoms. The predicted octanol–water partition coefficient (Wildman–Crippen LogP) is 2.96. The smallest absolute Gasteiger partial charge is 0.0592 e. The molecule has 0 spiro atoms. The van der Waals surface area contributed by atoms with Crippen LogP contribution in [0.25, 0.3) is 0 Å². The van der Waals surface area contributed by atoms with Gasteiger partial charge in [-0.25, -0.2) is 0 Å². The summed E-state index contributed by atoms with van der Waals surface area (Å²) in [5.74, 6) is 0. The maximum Gasteiger partial charge on any atom is 0.0592 e. The highest BCUT2D eigenvalue weighted by atomic mass is 16.3. The molecule has 0 saturated carbocycles. The molecule has 0 radical (unpaired) electrons. The van der Waals surface area contributed by atoms with Crippen molar-refractivity contribution in [2.45, 2.75) is 59.6 Å². The zero-order valence-electron chi connectivity index (χ0n) is 10.0. The lowest BCUT2D eigenvalue weighted by molar-refractivity contribution is 0.178. The van der Waals surface area contributed by atoms with E-state index in [9.17, 15) is 5.11 Å². The molecule has 0 aliphatic rings. The minimum absolute atomic E-state index is 0.261. The molecule has 2 heteroatoms. The van der Waals surface area contributed by atoms with Gasteiger partial charge in [0.25, 0.3) is 0 Å². The quantitative estimate of drug-likeness (QED) is 0.675. The lowest BCUT2D eigenvalue weighted by Gasteiger charge is -2.09. The van der Waals surface area contributed by atoms with Crippen LogP contribution in [0.4, 0.5) is 0 Å². The summed E-state index contributed by atoms with van der Waals surface area (Å²) < 4.78 is 0. The fourth-order valence-corrected chi connectivity index (χ4v) is 1.20. The minimum atomic E-state index is -0.261. The minimum Gasteiger partial charge on any atom is -0.393 e. The van der Waals surface area contributed by atoms with Gasteiger partial charge < -0.3 is 5.11 Å². The Morgan fingerprint density at radius 3 is 2.29 bits per heavy atom. The Balaban J connectivity index is 4.49. The van der Waals surface area contributed by atoms with Gasteiger partial charge in [-0.1, -0.05) is 12.5 Å². The number of aliphatic hydroxyl groups excluding tert-OH is 1. The second-order valence-corrected chi connectivity index (χ2v) is 4.20. The van der Waals surface area contributed by atoms with Crippen molar-refractivity contribution in [1.82, 2.24) is 0 Å². The molecule has 14 heavy (non-hydrogen) atoms. The zero-order chi connectivity index (χ0) is 11.1. The lowest BCUT2D eigenvalue weighted by Crippen LogP contribution is -2.12. The Kier molecular flexibility index (Phi) is 6.46. The lowest BCUT2D eigenvalue weighted by atomic mass is 10.1. The SMILES string of the molecule is CCC(O)C/C(C=C(C)C)=N/C(C)C. The van der Waals surface area contributed by atoms with Crippen LogP contribution in [-0.4, -0.2) is 23.0 Å². The molecule has 0 aromatic heterocycles. The van der Waals surface area contributed by atoms with Crippen molar-refractivity contribution >= 4 is 5.71 Å². The summed E-state index contributed by atoms with van der Waals surface area (Å²) in [6, 6.07) is 0.296. The first-order chi connectivity index (χ1) is 6.45. The molecule has 1 atom stereocenters. The molecule has 0 saturated heterocycles. The molecule has 1 N–H and O–H groups in total. The van der Waals surface area contributed by atoms with Crippen LogP contribution in [0.3, 0.4) is 0 Å². The van der Waals surface area contributed by atoms with Crippen LogP contribution in [0.2, 0.25) is 0 Å². The maximum absolute atomic E-state index is 9.54. The number of nitrogens with zero attached hydrogens (tertiary/aromatic N) is 1. The van der Waals surface area contributed by atoms with Crippen molar-refractivity contribution in [1.29, 1.82) is 0 Å². The molecule has 2 nitrogen and oxygen atoms in total. The molecular formula is C12H23NO. The van der Waals surface area contributed by atoms with Gasteiger partial charge in [-0.15, -0.1) is 0 Å². The van der Waals surface area contributed by atoms with E-state index < -0.39 is 0 Å².